The molecule has 94 valence electrons. The van der Waals surface area contributed by atoms with Crippen LogP contribution in [0.4, 0.5) is 4.39 Å². The predicted octanol–water partition coefficient (Wildman–Crippen LogP) is 1.22. The number of carbonyl (C=O) groups is 1. The van der Waals surface area contributed by atoms with E-state index in [2.05, 4.69) is 5.32 Å². The molecule has 0 aromatic heterocycles. The van der Waals surface area contributed by atoms with Gasteiger partial charge in [-0.05, 0) is 17.7 Å². The van der Waals surface area contributed by atoms with Gasteiger partial charge >= 0.3 is 0 Å². The van der Waals surface area contributed by atoms with Crippen molar-refractivity contribution in [2.45, 2.75) is 6.42 Å². The Kier molecular flexibility index (Phi) is 5.38. The second-order valence-electron chi connectivity index (χ2n) is 3.94. The maximum atomic E-state index is 12.9. The average Bonchev–Trinajstić information content (AvgIpc) is 2.30. The standard InChI is InChI=1S/C12H15FN2O.ClH/c13-11-3-1-2-10(8-11)9-12(16)15-6-4-14-5-7-15;/h1-3,8,14H,4-7,9H2;1H. The quantitative estimate of drug-likeness (QED) is 0.865. The molecule has 1 N–H and O–H groups in total. The number of hydrogen-bond donors (Lipinski definition) is 1. The molecule has 0 atom stereocenters. The summed E-state index contributed by atoms with van der Waals surface area (Å²) in [6.07, 6.45) is 0.289. The van der Waals surface area contributed by atoms with Crippen LogP contribution in [0.1, 0.15) is 5.56 Å². The summed E-state index contributed by atoms with van der Waals surface area (Å²) in [5.74, 6) is -0.210. The fraction of sp³-hybridized carbons (Fsp3) is 0.417. The zero-order chi connectivity index (χ0) is 11.4. The van der Waals surface area contributed by atoms with Crippen molar-refractivity contribution in [2.75, 3.05) is 26.2 Å². The monoisotopic (exact) mass is 258 g/mol. The molecule has 0 spiro atoms. The van der Waals surface area contributed by atoms with Crippen LogP contribution >= 0.6 is 12.4 Å². The summed E-state index contributed by atoms with van der Waals surface area (Å²) < 4.78 is 12.9. The molecule has 1 aromatic carbocycles. The van der Waals surface area contributed by atoms with E-state index in [1.807, 2.05) is 4.90 Å². The van der Waals surface area contributed by atoms with Crippen LogP contribution in [0.3, 0.4) is 0 Å². The first-order valence-electron chi connectivity index (χ1n) is 5.48. The van der Waals surface area contributed by atoms with E-state index in [0.29, 0.717) is 0 Å². The van der Waals surface area contributed by atoms with Crippen molar-refractivity contribution in [3.63, 3.8) is 0 Å². The highest BCUT2D eigenvalue weighted by atomic mass is 35.5. The van der Waals surface area contributed by atoms with Gasteiger partial charge in [0.2, 0.25) is 5.91 Å². The van der Waals surface area contributed by atoms with Gasteiger partial charge in [-0.3, -0.25) is 4.79 Å². The van der Waals surface area contributed by atoms with Crippen LogP contribution in [0.2, 0.25) is 0 Å². The molecule has 1 heterocycles. The first-order chi connectivity index (χ1) is 7.75. The Morgan fingerprint density at radius 1 is 1.35 bits per heavy atom. The van der Waals surface area contributed by atoms with Gasteiger partial charge in [0, 0.05) is 26.2 Å². The third-order valence-corrected chi connectivity index (χ3v) is 2.71. The lowest BCUT2D eigenvalue weighted by atomic mass is 10.1. The second kappa shape index (κ2) is 6.57. The molecule has 0 saturated carbocycles. The van der Waals surface area contributed by atoms with E-state index in [4.69, 9.17) is 0 Å². The molecule has 3 nitrogen and oxygen atoms in total. The number of rotatable bonds is 2. The minimum atomic E-state index is -0.286. The number of nitrogens with zero attached hydrogens (tertiary/aromatic N) is 1. The van der Waals surface area contributed by atoms with Gasteiger partial charge in [0.25, 0.3) is 0 Å². The molecule has 1 aromatic rings. The van der Waals surface area contributed by atoms with E-state index in [-0.39, 0.29) is 30.6 Å². The smallest absolute Gasteiger partial charge is 0.227 e. The van der Waals surface area contributed by atoms with Crippen molar-refractivity contribution >= 4 is 18.3 Å². The van der Waals surface area contributed by atoms with E-state index in [1.54, 1.807) is 12.1 Å². The molecular weight excluding hydrogens is 243 g/mol. The molecule has 1 saturated heterocycles. The van der Waals surface area contributed by atoms with Gasteiger partial charge in [0.1, 0.15) is 5.82 Å². The first kappa shape index (κ1) is 13.9. The topological polar surface area (TPSA) is 32.3 Å². The lowest BCUT2D eigenvalue weighted by molar-refractivity contribution is -0.131. The largest absolute Gasteiger partial charge is 0.340 e. The Balaban J connectivity index is 0.00000144. The van der Waals surface area contributed by atoms with E-state index in [0.717, 1.165) is 31.7 Å². The SMILES string of the molecule is Cl.O=C(Cc1cccc(F)c1)N1CCNCC1. The zero-order valence-electron chi connectivity index (χ0n) is 9.49. The number of nitrogens with one attached hydrogen (secondary N) is 1. The van der Waals surface area contributed by atoms with Crippen molar-refractivity contribution < 1.29 is 9.18 Å². The number of piperazine rings is 1. The summed E-state index contributed by atoms with van der Waals surface area (Å²) in [5, 5.41) is 3.19. The van der Waals surface area contributed by atoms with Crippen LogP contribution in [-0.4, -0.2) is 37.0 Å². The summed E-state index contributed by atoms with van der Waals surface area (Å²) in [6, 6.07) is 6.22. The van der Waals surface area contributed by atoms with E-state index >= 15 is 0 Å². The van der Waals surface area contributed by atoms with Gasteiger partial charge in [-0.15, -0.1) is 12.4 Å². The molecule has 1 amide bonds. The minimum absolute atomic E-state index is 0. The van der Waals surface area contributed by atoms with Crippen LogP contribution < -0.4 is 5.32 Å². The maximum Gasteiger partial charge on any atom is 0.227 e. The van der Waals surface area contributed by atoms with Gasteiger partial charge < -0.3 is 10.2 Å². The van der Waals surface area contributed by atoms with Crippen molar-refractivity contribution in [1.82, 2.24) is 10.2 Å². The highest BCUT2D eigenvalue weighted by Crippen LogP contribution is 2.06. The van der Waals surface area contributed by atoms with E-state index in [1.165, 1.54) is 12.1 Å². The summed E-state index contributed by atoms with van der Waals surface area (Å²) in [7, 11) is 0. The zero-order valence-corrected chi connectivity index (χ0v) is 10.3. The van der Waals surface area contributed by atoms with Gasteiger partial charge in [0.05, 0.1) is 6.42 Å². The van der Waals surface area contributed by atoms with Crippen LogP contribution in [0, 0.1) is 5.82 Å². The van der Waals surface area contributed by atoms with Crippen molar-refractivity contribution in [3.05, 3.63) is 35.6 Å². The highest BCUT2D eigenvalue weighted by molar-refractivity contribution is 5.85. The Morgan fingerprint density at radius 3 is 2.71 bits per heavy atom. The van der Waals surface area contributed by atoms with Gasteiger partial charge in [-0.25, -0.2) is 4.39 Å². The molecule has 0 unspecified atom stereocenters. The van der Waals surface area contributed by atoms with Gasteiger partial charge in [-0.1, -0.05) is 12.1 Å². The third kappa shape index (κ3) is 3.98. The molecule has 0 aliphatic carbocycles. The van der Waals surface area contributed by atoms with Crippen LogP contribution in [0.5, 0.6) is 0 Å². The van der Waals surface area contributed by atoms with Crippen molar-refractivity contribution in [1.29, 1.82) is 0 Å². The molecule has 1 aliphatic rings. The number of benzene rings is 1. The van der Waals surface area contributed by atoms with Gasteiger partial charge in [-0.2, -0.15) is 0 Å². The molecule has 5 heteroatoms. The number of amides is 1. The molecule has 0 radical (unpaired) electrons. The molecule has 1 aliphatic heterocycles. The summed E-state index contributed by atoms with van der Waals surface area (Å²) in [5.41, 5.74) is 0.739. The summed E-state index contributed by atoms with van der Waals surface area (Å²) in [6.45, 7) is 3.17. The van der Waals surface area contributed by atoms with Crippen LogP contribution in [0.15, 0.2) is 24.3 Å². The van der Waals surface area contributed by atoms with Crippen molar-refractivity contribution in [3.8, 4) is 0 Å². The summed E-state index contributed by atoms with van der Waals surface area (Å²) in [4.78, 5) is 13.7. The normalized spacial score (nSPS) is 15.2. The average molecular weight is 259 g/mol. The Labute approximate surface area is 106 Å². The van der Waals surface area contributed by atoms with Crippen molar-refractivity contribution in [2.24, 2.45) is 0 Å². The summed E-state index contributed by atoms with van der Waals surface area (Å²) >= 11 is 0. The van der Waals surface area contributed by atoms with E-state index in [9.17, 15) is 9.18 Å². The Morgan fingerprint density at radius 2 is 2.06 bits per heavy atom. The highest BCUT2D eigenvalue weighted by Gasteiger charge is 2.16. The lowest BCUT2D eigenvalue weighted by Crippen LogP contribution is -2.46. The minimum Gasteiger partial charge on any atom is -0.340 e. The van der Waals surface area contributed by atoms with Crippen LogP contribution in [0.25, 0.3) is 0 Å². The van der Waals surface area contributed by atoms with Crippen LogP contribution in [-0.2, 0) is 11.2 Å². The molecule has 1 fully saturated rings. The number of hydrogen-bond acceptors (Lipinski definition) is 2. The fourth-order valence-electron chi connectivity index (χ4n) is 1.85. The van der Waals surface area contributed by atoms with E-state index < -0.39 is 0 Å². The molecule has 2 rings (SSSR count). The Hall–Kier alpha value is -1.13. The molecule has 17 heavy (non-hydrogen) atoms. The first-order valence-corrected chi connectivity index (χ1v) is 5.48. The number of halogens is 2. The second-order valence-corrected chi connectivity index (χ2v) is 3.94. The predicted molar refractivity (Wildman–Crippen MR) is 66.8 cm³/mol. The Bertz CT molecular complexity index is 381. The maximum absolute atomic E-state index is 12.9. The number of carbonyl (C=O) groups excluding carboxylic acids is 1. The molecular formula is C12H16ClFN2O. The van der Waals surface area contributed by atoms with Gasteiger partial charge in [0.15, 0.2) is 0 Å². The third-order valence-electron chi connectivity index (χ3n) is 2.71. The fourth-order valence-corrected chi connectivity index (χ4v) is 1.85. The lowest BCUT2D eigenvalue weighted by Gasteiger charge is -2.27. The molecule has 0 bridgehead atoms.